The molecule has 8 heteroatoms. The van der Waals surface area contributed by atoms with Crippen LogP contribution in [0.15, 0.2) is 36.4 Å². The highest BCUT2D eigenvalue weighted by Crippen LogP contribution is 2.33. The molecule has 0 saturated carbocycles. The molecule has 1 unspecified atom stereocenters. The number of halogens is 5. The molecule has 0 aromatic heterocycles. The Morgan fingerprint density at radius 2 is 1.32 bits per heavy atom. The van der Waals surface area contributed by atoms with E-state index in [9.17, 15) is 26.7 Å². The Hall–Kier alpha value is -2.64. The lowest BCUT2D eigenvalue weighted by Gasteiger charge is -2.20. The fraction of sp³-hybridized carbons (Fsp3) is 0.594. The quantitative estimate of drug-likeness (QED) is 0.0957. The van der Waals surface area contributed by atoms with Crippen LogP contribution >= 0.6 is 0 Å². The Morgan fingerprint density at radius 3 is 1.95 bits per heavy atom. The van der Waals surface area contributed by atoms with E-state index in [2.05, 4.69) is 6.92 Å². The van der Waals surface area contributed by atoms with E-state index in [4.69, 9.17) is 9.47 Å². The highest BCUT2D eigenvalue weighted by Gasteiger charge is 2.38. The maximum absolute atomic E-state index is 14.8. The van der Waals surface area contributed by atoms with Gasteiger partial charge in [0.2, 0.25) is 5.82 Å². The van der Waals surface area contributed by atoms with Crippen LogP contribution in [0.4, 0.5) is 22.0 Å². The zero-order valence-corrected chi connectivity index (χ0v) is 23.8. The number of benzene rings is 2. The number of carbonyl (C=O) groups is 1. The first kappa shape index (κ1) is 33.6. The number of esters is 1. The summed E-state index contributed by atoms with van der Waals surface area (Å²) in [7, 11) is 0. The van der Waals surface area contributed by atoms with Crippen LogP contribution in [0.3, 0.4) is 0 Å². The summed E-state index contributed by atoms with van der Waals surface area (Å²) in [5, 5.41) is 0. The van der Waals surface area contributed by atoms with E-state index >= 15 is 0 Å². The van der Waals surface area contributed by atoms with Gasteiger partial charge in [-0.15, -0.1) is 0 Å². The largest absolute Gasteiger partial charge is 0.490 e. The molecule has 0 aliphatic carbocycles. The Bertz CT molecular complexity index is 1000. The molecule has 2 aromatic rings. The summed E-state index contributed by atoms with van der Waals surface area (Å²) < 4.78 is 79.8. The van der Waals surface area contributed by atoms with Crippen LogP contribution in [-0.2, 0) is 4.74 Å². The minimum Gasteiger partial charge on any atom is -0.490 e. The van der Waals surface area contributed by atoms with Gasteiger partial charge >= 0.3 is 12.1 Å². The van der Waals surface area contributed by atoms with Crippen molar-refractivity contribution in [1.29, 1.82) is 0 Å². The van der Waals surface area contributed by atoms with Crippen LogP contribution < -0.4 is 4.74 Å². The van der Waals surface area contributed by atoms with Crippen molar-refractivity contribution in [2.75, 3.05) is 13.2 Å². The molecular weight excluding hydrogens is 527 g/mol. The number of alkyl halides is 3. The van der Waals surface area contributed by atoms with E-state index in [0.29, 0.717) is 18.6 Å². The average Bonchev–Trinajstić information content (AvgIpc) is 2.93. The van der Waals surface area contributed by atoms with Crippen molar-refractivity contribution >= 4 is 5.97 Å². The standard InChI is InChI=1S/C32H43F5O3/c1-3-5-7-9-10-11-13-22-39-28-20-19-27(29(33)30(28)34)24-15-17-25(18-16-24)31(38)40-23-21-26(32(35,36)37)14-12-8-6-4-2/h15-20,26H,3-14,21-23H2,1-2H3. The monoisotopic (exact) mass is 570 g/mol. The van der Waals surface area contributed by atoms with Gasteiger partial charge in [0, 0.05) is 5.56 Å². The van der Waals surface area contributed by atoms with Gasteiger partial charge in [0.05, 0.1) is 24.7 Å². The lowest BCUT2D eigenvalue weighted by molar-refractivity contribution is -0.180. The fourth-order valence-electron chi connectivity index (χ4n) is 4.56. The first-order valence-corrected chi connectivity index (χ1v) is 14.6. The maximum Gasteiger partial charge on any atom is 0.391 e. The van der Waals surface area contributed by atoms with Gasteiger partial charge in [0.15, 0.2) is 11.6 Å². The number of carbonyl (C=O) groups excluding carboxylic acids is 1. The van der Waals surface area contributed by atoms with Gasteiger partial charge in [0.1, 0.15) is 0 Å². The number of rotatable bonds is 19. The molecule has 2 aromatic carbocycles. The number of unbranched alkanes of at least 4 members (excludes halogenated alkanes) is 9. The van der Waals surface area contributed by atoms with E-state index in [1.54, 1.807) is 0 Å². The maximum atomic E-state index is 14.8. The Balaban J connectivity index is 1.87. The molecule has 1 atom stereocenters. The van der Waals surface area contributed by atoms with Gasteiger partial charge in [-0.05, 0) is 49.1 Å². The van der Waals surface area contributed by atoms with Crippen LogP contribution in [0.1, 0.15) is 108 Å². The topological polar surface area (TPSA) is 35.5 Å². The molecule has 3 nitrogen and oxygen atoms in total. The molecular formula is C32H43F5O3. The molecule has 40 heavy (non-hydrogen) atoms. The Kier molecular flexibility index (Phi) is 15.0. The second kappa shape index (κ2) is 17.9. The normalized spacial score (nSPS) is 12.4. The number of hydrogen-bond donors (Lipinski definition) is 0. The van der Waals surface area contributed by atoms with Crippen LogP contribution in [0, 0.1) is 17.6 Å². The van der Waals surface area contributed by atoms with Crippen LogP contribution in [0.5, 0.6) is 5.75 Å². The highest BCUT2D eigenvalue weighted by molar-refractivity contribution is 5.90. The highest BCUT2D eigenvalue weighted by atomic mass is 19.4. The van der Waals surface area contributed by atoms with E-state index in [-0.39, 0.29) is 36.3 Å². The molecule has 0 amide bonds. The lowest BCUT2D eigenvalue weighted by Crippen LogP contribution is -2.25. The van der Waals surface area contributed by atoms with Gasteiger partial charge in [-0.2, -0.15) is 17.6 Å². The molecule has 0 N–H and O–H groups in total. The molecule has 0 aliphatic rings. The SMILES string of the molecule is CCCCCCCCCOc1ccc(-c2ccc(C(=O)OCCC(CCCCCC)C(F)(F)F)cc2)c(F)c1F. The zero-order chi connectivity index (χ0) is 29.4. The number of hydrogen-bond acceptors (Lipinski definition) is 3. The number of ether oxygens (including phenoxy) is 2. The predicted octanol–water partition coefficient (Wildman–Crippen LogP) is 10.5. The summed E-state index contributed by atoms with van der Waals surface area (Å²) in [4.78, 5) is 12.3. The molecule has 0 radical (unpaired) electrons. The third kappa shape index (κ3) is 11.5. The molecule has 0 spiro atoms. The summed E-state index contributed by atoms with van der Waals surface area (Å²) in [6.07, 6.45) is 6.07. The smallest absolute Gasteiger partial charge is 0.391 e. The fourth-order valence-corrected chi connectivity index (χ4v) is 4.56. The molecule has 0 heterocycles. The zero-order valence-electron chi connectivity index (χ0n) is 23.8. The molecule has 0 aliphatic heterocycles. The summed E-state index contributed by atoms with van der Waals surface area (Å²) >= 11 is 0. The first-order chi connectivity index (χ1) is 19.2. The summed E-state index contributed by atoms with van der Waals surface area (Å²) in [5.41, 5.74) is 0.471. The first-order valence-electron chi connectivity index (χ1n) is 14.6. The molecule has 224 valence electrons. The predicted molar refractivity (Wildman–Crippen MR) is 148 cm³/mol. The molecule has 2 rings (SSSR count). The van der Waals surface area contributed by atoms with Crippen molar-refractivity contribution in [3.63, 3.8) is 0 Å². The lowest BCUT2D eigenvalue weighted by atomic mass is 9.97. The van der Waals surface area contributed by atoms with Crippen molar-refractivity contribution in [3.8, 4) is 16.9 Å². The molecule has 0 fully saturated rings. The molecule has 0 bridgehead atoms. The van der Waals surface area contributed by atoms with Crippen molar-refractivity contribution in [3.05, 3.63) is 53.6 Å². The summed E-state index contributed by atoms with van der Waals surface area (Å²) in [6.45, 7) is 4.12. The van der Waals surface area contributed by atoms with E-state index < -0.39 is 29.7 Å². The third-order valence-electron chi connectivity index (χ3n) is 7.05. The van der Waals surface area contributed by atoms with Gasteiger partial charge in [-0.25, -0.2) is 9.18 Å². The van der Waals surface area contributed by atoms with Gasteiger partial charge < -0.3 is 9.47 Å². The van der Waals surface area contributed by atoms with Crippen LogP contribution in [0.25, 0.3) is 11.1 Å². The molecule has 0 saturated heterocycles. The van der Waals surface area contributed by atoms with E-state index in [1.165, 1.54) is 62.1 Å². The third-order valence-corrected chi connectivity index (χ3v) is 7.05. The van der Waals surface area contributed by atoms with Crippen molar-refractivity contribution in [2.24, 2.45) is 5.92 Å². The van der Waals surface area contributed by atoms with Crippen molar-refractivity contribution in [2.45, 2.75) is 103 Å². The minimum atomic E-state index is -4.34. The summed E-state index contributed by atoms with van der Waals surface area (Å²) in [5.74, 6) is -4.54. The average molecular weight is 571 g/mol. The second-order valence-electron chi connectivity index (χ2n) is 10.3. The van der Waals surface area contributed by atoms with E-state index in [0.717, 1.165) is 38.5 Å². The van der Waals surface area contributed by atoms with Crippen molar-refractivity contribution in [1.82, 2.24) is 0 Å². The van der Waals surface area contributed by atoms with Gasteiger partial charge in [-0.1, -0.05) is 90.2 Å². The Labute approximate surface area is 235 Å². The Morgan fingerprint density at radius 1 is 0.725 bits per heavy atom. The minimum absolute atomic E-state index is 0.0109. The van der Waals surface area contributed by atoms with Crippen LogP contribution in [-0.4, -0.2) is 25.4 Å². The van der Waals surface area contributed by atoms with Gasteiger partial charge in [0.25, 0.3) is 0 Å². The second-order valence-corrected chi connectivity index (χ2v) is 10.3. The summed E-state index contributed by atoms with van der Waals surface area (Å²) in [6, 6.07) is 8.46. The van der Waals surface area contributed by atoms with E-state index in [1.807, 2.05) is 6.92 Å². The van der Waals surface area contributed by atoms with Gasteiger partial charge in [-0.3, -0.25) is 0 Å². The van der Waals surface area contributed by atoms with Crippen LogP contribution in [0.2, 0.25) is 0 Å². The van der Waals surface area contributed by atoms with Crippen molar-refractivity contribution < 1.29 is 36.2 Å².